The van der Waals surface area contributed by atoms with Crippen LogP contribution in [0.25, 0.3) is 0 Å². The molecule has 3 nitrogen and oxygen atoms in total. The van der Waals surface area contributed by atoms with Gasteiger partial charge in [0, 0.05) is 12.4 Å². The lowest BCUT2D eigenvalue weighted by Gasteiger charge is -1.98. The molecular formula is C9H11NO2S. The van der Waals surface area contributed by atoms with E-state index in [0.717, 1.165) is 17.7 Å². The van der Waals surface area contributed by atoms with Crippen molar-refractivity contribution in [3.05, 3.63) is 30.1 Å². The van der Waals surface area contributed by atoms with Crippen molar-refractivity contribution in [2.24, 2.45) is 0 Å². The highest BCUT2D eigenvalue weighted by molar-refractivity contribution is 7.99. The molecule has 1 N–H and O–H groups in total. The van der Waals surface area contributed by atoms with Gasteiger partial charge in [-0.25, -0.2) is 0 Å². The van der Waals surface area contributed by atoms with Gasteiger partial charge in [0.15, 0.2) is 0 Å². The summed E-state index contributed by atoms with van der Waals surface area (Å²) >= 11 is 1.43. The predicted molar refractivity (Wildman–Crippen MR) is 52.9 cm³/mol. The van der Waals surface area contributed by atoms with Crippen molar-refractivity contribution in [3.8, 4) is 0 Å². The number of aliphatic carboxylic acids is 1. The predicted octanol–water partition coefficient (Wildman–Crippen LogP) is 1.44. The van der Waals surface area contributed by atoms with E-state index in [1.54, 1.807) is 12.4 Å². The number of carboxylic acid groups (broad SMARTS) is 1. The molecule has 0 saturated heterocycles. The number of thioether (sulfide) groups is 1. The van der Waals surface area contributed by atoms with E-state index >= 15 is 0 Å². The number of rotatable bonds is 5. The van der Waals surface area contributed by atoms with Gasteiger partial charge in [0.25, 0.3) is 0 Å². The molecule has 0 aliphatic rings. The van der Waals surface area contributed by atoms with Gasteiger partial charge in [0.05, 0.1) is 5.75 Å². The molecule has 0 aliphatic heterocycles. The molecule has 0 bridgehead atoms. The second kappa shape index (κ2) is 5.59. The summed E-state index contributed by atoms with van der Waals surface area (Å²) in [5, 5.41) is 8.38. The van der Waals surface area contributed by atoms with Crippen molar-refractivity contribution in [1.29, 1.82) is 0 Å². The van der Waals surface area contributed by atoms with E-state index in [0.29, 0.717) is 0 Å². The van der Waals surface area contributed by atoms with E-state index in [4.69, 9.17) is 5.11 Å². The summed E-state index contributed by atoms with van der Waals surface area (Å²) in [6, 6.07) is 3.88. The lowest BCUT2D eigenvalue weighted by molar-refractivity contribution is -0.133. The highest BCUT2D eigenvalue weighted by Crippen LogP contribution is 2.05. The van der Waals surface area contributed by atoms with Crippen LogP contribution in [0, 0.1) is 0 Å². The third-order valence-electron chi connectivity index (χ3n) is 1.48. The molecular weight excluding hydrogens is 186 g/mol. The van der Waals surface area contributed by atoms with E-state index in [-0.39, 0.29) is 5.75 Å². The largest absolute Gasteiger partial charge is 0.481 e. The summed E-state index contributed by atoms with van der Waals surface area (Å²) in [5.41, 5.74) is 1.15. The first-order chi connectivity index (χ1) is 6.29. The van der Waals surface area contributed by atoms with Crippen LogP contribution in [-0.4, -0.2) is 27.6 Å². The Bertz CT molecular complexity index is 264. The van der Waals surface area contributed by atoms with E-state index < -0.39 is 5.97 Å². The highest BCUT2D eigenvalue weighted by atomic mass is 32.2. The van der Waals surface area contributed by atoms with Crippen LogP contribution in [0.2, 0.25) is 0 Å². The summed E-state index contributed by atoms with van der Waals surface area (Å²) in [4.78, 5) is 14.2. The van der Waals surface area contributed by atoms with Crippen molar-refractivity contribution in [1.82, 2.24) is 4.98 Å². The maximum absolute atomic E-state index is 10.2. The maximum atomic E-state index is 10.2. The zero-order chi connectivity index (χ0) is 9.52. The highest BCUT2D eigenvalue weighted by Gasteiger charge is 1.97. The second-order valence-electron chi connectivity index (χ2n) is 2.56. The van der Waals surface area contributed by atoms with Gasteiger partial charge in [-0.1, -0.05) is 6.07 Å². The van der Waals surface area contributed by atoms with Crippen molar-refractivity contribution >= 4 is 17.7 Å². The van der Waals surface area contributed by atoms with Gasteiger partial charge < -0.3 is 5.11 Å². The average molecular weight is 197 g/mol. The molecule has 13 heavy (non-hydrogen) atoms. The SMILES string of the molecule is O=C(O)CSCCc1cccnc1. The normalized spacial score (nSPS) is 9.85. The Balaban J connectivity index is 2.17. The third kappa shape index (κ3) is 4.52. The van der Waals surface area contributed by atoms with Gasteiger partial charge in [0.1, 0.15) is 0 Å². The van der Waals surface area contributed by atoms with Gasteiger partial charge >= 0.3 is 5.97 Å². The number of aromatic nitrogens is 1. The molecule has 0 saturated carbocycles. The fraction of sp³-hybridized carbons (Fsp3) is 0.333. The monoisotopic (exact) mass is 197 g/mol. The molecule has 0 spiro atoms. The van der Waals surface area contributed by atoms with Gasteiger partial charge in [-0.15, -0.1) is 11.8 Å². The smallest absolute Gasteiger partial charge is 0.313 e. The van der Waals surface area contributed by atoms with Gasteiger partial charge in [-0.05, 0) is 23.8 Å². The lowest BCUT2D eigenvalue weighted by atomic mass is 10.2. The fourth-order valence-electron chi connectivity index (χ4n) is 0.896. The van der Waals surface area contributed by atoms with Crippen molar-refractivity contribution in [2.75, 3.05) is 11.5 Å². The lowest BCUT2D eigenvalue weighted by Crippen LogP contribution is -1.99. The third-order valence-corrected chi connectivity index (χ3v) is 2.43. The number of aryl methyl sites for hydroxylation is 1. The first kappa shape index (κ1) is 10.1. The first-order valence-electron chi connectivity index (χ1n) is 3.97. The average Bonchev–Trinajstić information content (AvgIpc) is 2.14. The molecule has 0 aromatic carbocycles. The maximum Gasteiger partial charge on any atom is 0.313 e. The minimum Gasteiger partial charge on any atom is -0.481 e. The van der Waals surface area contributed by atoms with Crippen LogP contribution in [0.4, 0.5) is 0 Å². The zero-order valence-electron chi connectivity index (χ0n) is 7.14. The summed E-state index contributed by atoms with van der Waals surface area (Å²) in [5.74, 6) is 0.259. The number of carboxylic acids is 1. The number of nitrogens with zero attached hydrogens (tertiary/aromatic N) is 1. The summed E-state index contributed by atoms with van der Waals surface area (Å²) < 4.78 is 0. The summed E-state index contributed by atoms with van der Waals surface area (Å²) in [6.45, 7) is 0. The quantitative estimate of drug-likeness (QED) is 0.726. The van der Waals surface area contributed by atoms with E-state index in [2.05, 4.69) is 4.98 Å². The number of hydrogen-bond donors (Lipinski definition) is 1. The molecule has 0 fully saturated rings. The number of pyridine rings is 1. The molecule has 0 aliphatic carbocycles. The van der Waals surface area contributed by atoms with E-state index in [1.807, 2.05) is 12.1 Å². The van der Waals surface area contributed by atoms with E-state index in [1.165, 1.54) is 11.8 Å². The van der Waals surface area contributed by atoms with Crippen LogP contribution in [0.1, 0.15) is 5.56 Å². The van der Waals surface area contributed by atoms with Gasteiger partial charge in [-0.2, -0.15) is 0 Å². The van der Waals surface area contributed by atoms with Crippen LogP contribution in [-0.2, 0) is 11.2 Å². The van der Waals surface area contributed by atoms with Gasteiger partial charge in [-0.3, -0.25) is 9.78 Å². The summed E-state index contributed by atoms with van der Waals surface area (Å²) in [7, 11) is 0. The van der Waals surface area contributed by atoms with E-state index in [9.17, 15) is 4.79 Å². The molecule has 1 aromatic rings. The topological polar surface area (TPSA) is 50.2 Å². The Morgan fingerprint density at radius 3 is 3.08 bits per heavy atom. The first-order valence-corrected chi connectivity index (χ1v) is 5.13. The van der Waals surface area contributed by atoms with Gasteiger partial charge in [0.2, 0.25) is 0 Å². The molecule has 0 unspecified atom stereocenters. The molecule has 0 amide bonds. The molecule has 4 heteroatoms. The molecule has 1 aromatic heterocycles. The Hall–Kier alpha value is -1.03. The molecule has 0 radical (unpaired) electrons. The number of carbonyl (C=O) groups is 1. The Labute approximate surface area is 81.2 Å². The second-order valence-corrected chi connectivity index (χ2v) is 3.66. The Morgan fingerprint density at radius 2 is 2.46 bits per heavy atom. The minimum absolute atomic E-state index is 0.181. The summed E-state index contributed by atoms with van der Waals surface area (Å²) in [6.07, 6.45) is 4.42. The van der Waals surface area contributed by atoms with Crippen LogP contribution in [0.3, 0.4) is 0 Å². The minimum atomic E-state index is -0.754. The molecule has 1 rings (SSSR count). The fourth-order valence-corrected chi connectivity index (χ4v) is 1.59. The van der Waals surface area contributed by atoms with Crippen molar-refractivity contribution in [2.45, 2.75) is 6.42 Å². The van der Waals surface area contributed by atoms with Crippen LogP contribution in [0.15, 0.2) is 24.5 Å². The molecule has 1 heterocycles. The van der Waals surface area contributed by atoms with Crippen LogP contribution < -0.4 is 0 Å². The Morgan fingerprint density at radius 1 is 1.62 bits per heavy atom. The zero-order valence-corrected chi connectivity index (χ0v) is 7.96. The van der Waals surface area contributed by atoms with Crippen LogP contribution >= 0.6 is 11.8 Å². The van der Waals surface area contributed by atoms with Crippen LogP contribution in [0.5, 0.6) is 0 Å². The standard InChI is InChI=1S/C9H11NO2S/c11-9(12)7-13-5-3-8-2-1-4-10-6-8/h1-2,4,6H,3,5,7H2,(H,11,12). The number of hydrogen-bond acceptors (Lipinski definition) is 3. The Kier molecular flexibility index (Phi) is 4.32. The molecule has 70 valence electrons. The van der Waals surface area contributed by atoms with Crippen molar-refractivity contribution < 1.29 is 9.90 Å². The molecule has 0 atom stereocenters. The van der Waals surface area contributed by atoms with Crippen molar-refractivity contribution in [3.63, 3.8) is 0 Å².